The molecule has 0 aliphatic heterocycles. The minimum absolute atomic E-state index is 0.331. The molecule has 0 fully saturated rings. The zero-order valence-corrected chi connectivity index (χ0v) is 6.76. The number of halogens is 1. The van der Waals surface area contributed by atoms with E-state index in [9.17, 15) is 4.39 Å². The topological polar surface area (TPSA) is 24.9 Å². The Balaban J connectivity index is 2.51. The molecular formula is C9H9FN2. The average molecular weight is 164 g/mol. The first-order valence-electron chi connectivity index (χ1n) is 3.58. The van der Waals surface area contributed by atoms with Gasteiger partial charge in [-0.2, -0.15) is 0 Å². The highest BCUT2D eigenvalue weighted by atomic mass is 19.1. The highest BCUT2D eigenvalue weighted by Crippen LogP contribution is 2.01. The molecule has 62 valence electrons. The lowest BCUT2D eigenvalue weighted by Crippen LogP contribution is -2.00. The minimum Gasteiger partial charge on any atom is -0.359 e. The summed E-state index contributed by atoms with van der Waals surface area (Å²) in [6.07, 6.45) is 1.17. The first-order chi connectivity index (χ1) is 5.83. The van der Waals surface area contributed by atoms with Gasteiger partial charge in [0.1, 0.15) is 11.6 Å². The number of rotatable bonds is 2. The van der Waals surface area contributed by atoms with Gasteiger partial charge in [-0.25, -0.2) is 9.37 Å². The van der Waals surface area contributed by atoms with E-state index in [1.54, 1.807) is 13.0 Å². The van der Waals surface area contributed by atoms with Crippen LogP contribution in [0.3, 0.4) is 0 Å². The molecule has 0 saturated heterocycles. The third-order valence-corrected chi connectivity index (χ3v) is 1.26. The van der Waals surface area contributed by atoms with Crippen LogP contribution in [0.4, 0.5) is 10.2 Å². The van der Waals surface area contributed by atoms with Gasteiger partial charge in [-0.3, -0.25) is 0 Å². The molecule has 3 heteroatoms. The summed E-state index contributed by atoms with van der Waals surface area (Å²) in [6, 6.07) is 2.93. The van der Waals surface area contributed by atoms with Gasteiger partial charge in [-0.15, -0.1) is 5.92 Å². The molecule has 1 rings (SSSR count). The summed E-state index contributed by atoms with van der Waals surface area (Å²) in [5.41, 5.74) is 0. The van der Waals surface area contributed by atoms with Crippen molar-refractivity contribution < 1.29 is 4.39 Å². The molecule has 0 aliphatic carbocycles. The smallest absolute Gasteiger partial charge is 0.141 e. The predicted octanol–water partition coefficient (Wildman–Crippen LogP) is 1.66. The second-order valence-electron chi connectivity index (χ2n) is 2.14. The fraction of sp³-hybridized carbons (Fsp3) is 0.222. The molecular weight excluding hydrogens is 155 g/mol. The maximum Gasteiger partial charge on any atom is 0.141 e. The van der Waals surface area contributed by atoms with Crippen molar-refractivity contribution in [2.75, 3.05) is 11.9 Å². The van der Waals surface area contributed by atoms with E-state index in [4.69, 9.17) is 0 Å². The zero-order chi connectivity index (χ0) is 8.81. The van der Waals surface area contributed by atoms with Crippen molar-refractivity contribution in [3.63, 3.8) is 0 Å². The number of hydrogen-bond acceptors (Lipinski definition) is 2. The number of nitrogens with zero attached hydrogens (tertiary/aromatic N) is 1. The van der Waals surface area contributed by atoms with E-state index in [-0.39, 0.29) is 5.82 Å². The van der Waals surface area contributed by atoms with Gasteiger partial charge in [0, 0.05) is 0 Å². The molecule has 0 aromatic carbocycles. The van der Waals surface area contributed by atoms with Gasteiger partial charge in [0.15, 0.2) is 0 Å². The van der Waals surface area contributed by atoms with Crippen LogP contribution in [0.15, 0.2) is 18.3 Å². The molecule has 0 spiro atoms. The molecule has 1 N–H and O–H groups in total. The third kappa shape index (κ3) is 2.59. The molecule has 1 aromatic heterocycles. The Hall–Kier alpha value is -1.56. The number of nitrogens with one attached hydrogen (secondary N) is 1. The quantitative estimate of drug-likeness (QED) is 0.672. The molecule has 1 heterocycles. The van der Waals surface area contributed by atoms with Gasteiger partial charge in [0.05, 0.1) is 12.7 Å². The normalized spacial score (nSPS) is 8.50. The maximum absolute atomic E-state index is 12.4. The molecule has 0 saturated carbocycles. The second kappa shape index (κ2) is 4.35. The molecule has 0 amide bonds. The van der Waals surface area contributed by atoms with E-state index >= 15 is 0 Å². The molecule has 12 heavy (non-hydrogen) atoms. The Morgan fingerprint density at radius 2 is 2.42 bits per heavy atom. The Morgan fingerprint density at radius 3 is 3.00 bits per heavy atom. The minimum atomic E-state index is -0.331. The molecule has 0 aliphatic rings. The van der Waals surface area contributed by atoms with Crippen LogP contribution in [-0.4, -0.2) is 11.5 Å². The van der Waals surface area contributed by atoms with E-state index in [1.165, 1.54) is 12.3 Å². The molecule has 0 bridgehead atoms. The van der Waals surface area contributed by atoms with Crippen LogP contribution in [0.1, 0.15) is 6.92 Å². The molecule has 1 aromatic rings. The summed E-state index contributed by atoms with van der Waals surface area (Å²) in [6.45, 7) is 2.30. The number of anilines is 1. The van der Waals surface area contributed by atoms with E-state index < -0.39 is 0 Å². The van der Waals surface area contributed by atoms with Crippen molar-refractivity contribution in [2.24, 2.45) is 0 Å². The lowest BCUT2D eigenvalue weighted by molar-refractivity contribution is 0.622. The summed E-state index contributed by atoms with van der Waals surface area (Å²) in [4.78, 5) is 3.80. The van der Waals surface area contributed by atoms with Crippen molar-refractivity contribution >= 4 is 5.82 Å². The van der Waals surface area contributed by atoms with E-state index in [1.807, 2.05) is 0 Å². The lowest BCUT2D eigenvalue weighted by Gasteiger charge is -1.98. The monoisotopic (exact) mass is 164 g/mol. The number of hydrogen-bond donors (Lipinski definition) is 1. The van der Waals surface area contributed by atoms with Crippen LogP contribution in [0.5, 0.6) is 0 Å². The molecule has 0 atom stereocenters. The lowest BCUT2D eigenvalue weighted by atomic mass is 10.4. The van der Waals surface area contributed by atoms with Crippen LogP contribution in [0.2, 0.25) is 0 Å². The zero-order valence-electron chi connectivity index (χ0n) is 6.76. The Kier molecular flexibility index (Phi) is 3.09. The van der Waals surface area contributed by atoms with E-state index in [2.05, 4.69) is 22.1 Å². The summed E-state index contributed by atoms with van der Waals surface area (Å²) in [7, 11) is 0. The van der Waals surface area contributed by atoms with Crippen molar-refractivity contribution in [1.29, 1.82) is 0 Å². The van der Waals surface area contributed by atoms with Gasteiger partial charge < -0.3 is 5.32 Å². The van der Waals surface area contributed by atoms with Gasteiger partial charge >= 0.3 is 0 Å². The van der Waals surface area contributed by atoms with Gasteiger partial charge in [-0.05, 0) is 19.1 Å². The predicted molar refractivity (Wildman–Crippen MR) is 46.1 cm³/mol. The van der Waals surface area contributed by atoms with Crippen molar-refractivity contribution in [1.82, 2.24) is 4.98 Å². The van der Waals surface area contributed by atoms with Crippen molar-refractivity contribution in [3.8, 4) is 11.8 Å². The van der Waals surface area contributed by atoms with Crippen LogP contribution in [0.25, 0.3) is 0 Å². The second-order valence-corrected chi connectivity index (χ2v) is 2.14. The first-order valence-corrected chi connectivity index (χ1v) is 3.58. The Bertz CT molecular complexity index is 295. The Morgan fingerprint density at radius 1 is 1.58 bits per heavy atom. The van der Waals surface area contributed by atoms with Crippen LogP contribution in [0, 0.1) is 17.7 Å². The summed E-state index contributed by atoms with van der Waals surface area (Å²) in [5, 5.41) is 2.92. The average Bonchev–Trinajstić information content (AvgIpc) is 2.09. The SMILES string of the molecule is CC#CCNc1ccc(F)cn1. The molecule has 0 radical (unpaired) electrons. The number of pyridine rings is 1. The van der Waals surface area contributed by atoms with Gasteiger partial charge in [0.2, 0.25) is 0 Å². The Labute approximate surface area is 70.8 Å². The van der Waals surface area contributed by atoms with Gasteiger partial charge in [0.25, 0.3) is 0 Å². The van der Waals surface area contributed by atoms with E-state index in [0.29, 0.717) is 12.4 Å². The standard InChI is InChI=1S/C9H9FN2/c1-2-3-6-11-9-5-4-8(10)7-12-9/h4-5,7H,6H2,1H3,(H,11,12). The van der Waals surface area contributed by atoms with Crippen molar-refractivity contribution in [3.05, 3.63) is 24.1 Å². The highest BCUT2D eigenvalue weighted by molar-refractivity contribution is 5.35. The van der Waals surface area contributed by atoms with Crippen LogP contribution >= 0.6 is 0 Å². The first kappa shape index (κ1) is 8.54. The molecule has 2 nitrogen and oxygen atoms in total. The summed E-state index contributed by atoms with van der Waals surface area (Å²) < 4.78 is 12.4. The van der Waals surface area contributed by atoms with Crippen molar-refractivity contribution in [2.45, 2.75) is 6.92 Å². The van der Waals surface area contributed by atoms with Crippen LogP contribution in [-0.2, 0) is 0 Å². The summed E-state index contributed by atoms with van der Waals surface area (Å²) in [5.74, 6) is 5.86. The number of aromatic nitrogens is 1. The van der Waals surface area contributed by atoms with Gasteiger partial charge in [-0.1, -0.05) is 5.92 Å². The molecule has 0 unspecified atom stereocenters. The maximum atomic E-state index is 12.4. The fourth-order valence-corrected chi connectivity index (χ4v) is 0.704. The van der Waals surface area contributed by atoms with E-state index in [0.717, 1.165) is 0 Å². The fourth-order valence-electron chi connectivity index (χ4n) is 0.704. The van der Waals surface area contributed by atoms with Crippen LogP contribution < -0.4 is 5.32 Å². The highest BCUT2D eigenvalue weighted by Gasteiger charge is 1.91. The largest absolute Gasteiger partial charge is 0.359 e. The summed E-state index contributed by atoms with van der Waals surface area (Å²) >= 11 is 0. The third-order valence-electron chi connectivity index (χ3n) is 1.26.